The van der Waals surface area contributed by atoms with Gasteiger partial charge in [-0.1, -0.05) is 43.0 Å². The van der Waals surface area contributed by atoms with Crippen molar-refractivity contribution < 1.29 is 9.47 Å². The van der Waals surface area contributed by atoms with Crippen molar-refractivity contribution in [1.29, 1.82) is 0 Å². The van der Waals surface area contributed by atoms with Crippen LogP contribution < -0.4 is 20.1 Å². The van der Waals surface area contributed by atoms with Gasteiger partial charge in [-0.15, -0.1) is 0 Å². The van der Waals surface area contributed by atoms with Crippen LogP contribution in [-0.4, -0.2) is 26.2 Å². The first-order valence-electron chi connectivity index (χ1n) is 8.73. The monoisotopic (exact) mass is 353 g/mol. The Kier molecular flexibility index (Phi) is 8.06. The molecule has 0 radical (unpaired) electrons. The predicted molar refractivity (Wildman–Crippen MR) is 107 cm³/mol. The van der Waals surface area contributed by atoms with Gasteiger partial charge in [-0.25, -0.2) is 4.99 Å². The third-order valence-electron chi connectivity index (χ3n) is 3.67. The van der Waals surface area contributed by atoms with Crippen molar-refractivity contribution >= 4 is 5.96 Å². The molecule has 5 heteroatoms. The SMILES string of the molecule is C=CCOc1ccccc1CNC(=NCc1cccc(OC)c1)NCC. The number of para-hydroxylation sites is 1. The number of methoxy groups -OCH3 is 1. The zero-order valence-electron chi connectivity index (χ0n) is 15.5. The molecule has 0 atom stereocenters. The van der Waals surface area contributed by atoms with Gasteiger partial charge < -0.3 is 20.1 Å². The first-order chi connectivity index (χ1) is 12.8. The summed E-state index contributed by atoms with van der Waals surface area (Å²) in [5.41, 5.74) is 2.16. The summed E-state index contributed by atoms with van der Waals surface area (Å²) in [6.45, 7) is 8.21. The number of ether oxygens (including phenoxy) is 2. The van der Waals surface area contributed by atoms with E-state index in [9.17, 15) is 0 Å². The van der Waals surface area contributed by atoms with Crippen molar-refractivity contribution in [1.82, 2.24) is 10.6 Å². The van der Waals surface area contributed by atoms with Crippen molar-refractivity contribution in [2.24, 2.45) is 4.99 Å². The van der Waals surface area contributed by atoms with Gasteiger partial charge in [0.15, 0.2) is 5.96 Å². The molecule has 5 nitrogen and oxygen atoms in total. The molecule has 0 heterocycles. The maximum absolute atomic E-state index is 5.70. The molecule has 0 amide bonds. The minimum Gasteiger partial charge on any atom is -0.497 e. The quantitative estimate of drug-likeness (QED) is 0.411. The van der Waals surface area contributed by atoms with Crippen molar-refractivity contribution in [3.05, 3.63) is 72.3 Å². The van der Waals surface area contributed by atoms with Crippen molar-refractivity contribution in [3.8, 4) is 11.5 Å². The van der Waals surface area contributed by atoms with Crippen LogP contribution in [-0.2, 0) is 13.1 Å². The molecule has 0 spiro atoms. The van der Waals surface area contributed by atoms with Crippen molar-refractivity contribution in [2.75, 3.05) is 20.3 Å². The first-order valence-corrected chi connectivity index (χ1v) is 8.73. The van der Waals surface area contributed by atoms with Crippen molar-refractivity contribution in [3.63, 3.8) is 0 Å². The highest BCUT2D eigenvalue weighted by Gasteiger charge is 2.04. The summed E-state index contributed by atoms with van der Waals surface area (Å²) in [7, 11) is 1.67. The second kappa shape index (κ2) is 10.8. The van der Waals surface area contributed by atoms with E-state index < -0.39 is 0 Å². The lowest BCUT2D eigenvalue weighted by Gasteiger charge is -2.14. The average Bonchev–Trinajstić information content (AvgIpc) is 2.69. The molecular weight excluding hydrogens is 326 g/mol. The lowest BCUT2D eigenvalue weighted by atomic mass is 10.2. The molecular formula is C21H27N3O2. The van der Waals surface area contributed by atoms with Gasteiger partial charge in [0.1, 0.15) is 18.1 Å². The number of aliphatic imine (C=N–C) groups is 1. The lowest BCUT2D eigenvalue weighted by Crippen LogP contribution is -2.36. The van der Waals surface area contributed by atoms with Gasteiger partial charge in [-0.3, -0.25) is 0 Å². The van der Waals surface area contributed by atoms with E-state index in [2.05, 4.69) is 22.2 Å². The summed E-state index contributed by atoms with van der Waals surface area (Å²) in [6, 6.07) is 15.9. The Morgan fingerprint density at radius 2 is 2.00 bits per heavy atom. The van der Waals surface area contributed by atoms with E-state index in [4.69, 9.17) is 9.47 Å². The first kappa shape index (κ1) is 19.4. The van der Waals surface area contributed by atoms with Crippen LogP contribution in [0, 0.1) is 0 Å². The summed E-state index contributed by atoms with van der Waals surface area (Å²) in [5.74, 6) is 2.45. The number of nitrogens with one attached hydrogen (secondary N) is 2. The molecule has 2 aromatic carbocycles. The summed E-state index contributed by atoms with van der Waals surface area (Å²) < 4.78 is 11.0. The highest BCUT2D eigenvalue weighted by atomic mass is 16.5. The van der Waals surface area contributed by atoms with Crippen LogP contribution in [0.1, 0.15) is 18.1 Å². The number of hydrogen-bond donors (Lipinski definition) is 2. The normalized spacial score (nSPS) is 10.9. The van der Waals surface area contributed by atoms with Crippen LogP contribution in [0.25, 0.3) is 0 Å². The van der Waals surface area contributed by atoms with Gasteiger partial charge >= 0.3 is 0 Å². The maximum Gasteiger partial charge on any atom is 0.191 e. The molecule has 2 aromatic rings. The molecule has 0 unspecified atom stereocenters. The van der Waals surface area contributed by atoms with Crippen LogP contribution in [0.2, 0.25) is 0 Å². The fourth-order valence-corrected chi connectivity index (χ4v) is 2.40. The molecule has 138 valence electrons. The Labute approximate surface area is 155 Å². The Balaban J connectivity index is 2.02. The molecule has 2 rings (SSSR count). The fourth-order valence-electron chi connectivity index (χ4n) is 2.40. The molecule has 0 aliphatic heterocycles. The van der Waals surface area contributed by atoms with Crippen LogP contribution >= 0.6 is 0 Å². The largest absolute Gasteiger partial charge is 0.497 e. The van der Waals surface area contributed by atoms with E-state index in [1.807, 2.05) is 55.5 Å². The summed E-state index contributed by atoms with van der Waals surface area (Å²) in [4.78, 5) is 4.65. The third kappa shape index (κ3) is 6.16. The summed E-state index contributed by atoms with van der Waals surface area (Å²) in [6.07, 6.45) is 1.74. The smallest absolute Gasteiger partial charge is 0.191 e. The van der Waals surface area contributed by atoms with Gasteiger partial charge in [0.05, 0.1) is 13.7 Å². The molecule has 0 aromatic heterocycles. The lowest BCUT2D eigenvalue weighted by molar-refractivity contribution is 0.358. The molecule has 26 heavy (non-hydrogen) atoms. The van der Waals surface area contributed by atoms with Crippen LogP contribution in [0.3, 0.4) is 0 Å². The molecule has 0 saturated heterocycles. The zero-order chi connectivity index (χ0) is 18.6. The number of guanidine groups is 1. The Hall–Kier alpha value is -2.95. The average molecular weight is 353 g/mol. The van der Waals surface area contributed by atoms with E-state index >= 15 is 0 Å². The molecule has 0 saturated carbocycles. The van der Waals surface area contributed by atoms with Gasteiger partial charge in [-0.2, -0.15) is 0 Å². The van der Waals surface area contributed by atoms with Gasteiger partial charge in [0.25, 0.3) is 0 Å². The van der Waals surface area contributed by atoms with Crippen LogP contribution in [0.4, 0.5) is 0 Å². The Morgan fingerprint density at radius 3 is 2.77 bits per heavy atom. The molecule has 0 bridgehead atoms. The summed E-state index contributed by atoms with van der Waals surface area (Å²) >= 11 is 0. The fraction of sp³-hybridized carbons (Fsp3) is 0.286. The molecule has 0 aliphatic rings. The highest BCUT2D eigenvalue weighted by molar-refractivity contribution is 5.79. The van der Waals surface area contributed by atoms with E-state index in [0.29, 0.717) is 19.7 Å². The predicted octanol–water partition coefficient (Wildman–Crippen LogP) is 3.52. The molecule has 2 N–H and O–H groups in total. The van der Waals surface area contributed by atoms with E-state index in [-0.39, 0.29) is 0 Å². The van der Waals surface area contributed by atoms with Crippen molar-refractivity contribution in [2.45, 2.75) is 20.0 Å². The van der Waals surface area contributed by atoms with E-state index in [1.54, 1.807) is 13.2 Å². The third-order valence-corrected chi connectivity index (χ3v) is 3.67. The minimum atomic E-state index is 0.487. The second-order valence-electron chi connectivity index (χ2n) is 5.61. The zero-order valence-corrected chi connectivity index (χ0v) is 15.5. The van der Waals surface area contributed by atoms with Crippen LogP contribution in [0.15, 0.2) is 66.2 Å². The number of nitrogens with zero attached hydrogens (tertiary/aromatic N) is 1. The number of rotatable bonds is 9. The minimum absolute atomic E-state index is 0.487. The van der Waals surface area contributed by atoms with E-state index in [0.717, 1.165) is 35.1 Å². The topological polar surface area (TPSA) is 54.9 Å². The highest BCUT2D eigenvalue weighted by Crippen LogP contribution is 2.17. The van der Waals surface area contributed by atoms with Gasteiger partial charge in [0, 0.05) is 18.7 Å². The second-order valence-corrected chi connectivity index (χ2v) is 5.61. The Morgan fingerprint density at radius 1 is 1.15 bits per heavy atom. The molecule has 0 aliphatic carbocycles. The van der Waals surface area contributed by atoms with Gasteiger partial charge in [0.2, 0.25) is 0 Å². The molecule has 0 fully saturated rings. The number of benzene rings is 2. The van der Waals surface area contributed by atoms with E-state index in [1.165, 1.54) is 0 Å². The Bertz CT molecular complexity index is 729. The maximum atomic E-state index is 5.70. The number of hydrogen-bond acceptors (Lipinski definition) is 3. The van der Waals surface area contributed by atoms with Gasteiger partial charge in [-0.05, 0) is 30.7 Å². The van der Waals surface area contributed by atoms with Crippen LogP contribution in [0.5, 0.6) is 11.5 Å². The standard InChI is InChI=1S/C21H27N3O2/c1-4-13-26-20-12-7-6-10-18(20)16-24-21(22-5-2)23-15-17-9-8-11-19(14-17)25-3/h4,6-12,14H,1,5,13,15-16H2,2-3H3,(H2,22,23,24). The summed E-state index contributed by atoms with van der Waals surface area (Å²) in [5, 5.41) is 6.62.